The summed E-state index contributed by atoms with van der Waals surface area (Å²) in [5.41, 5.74) is 0.439. The lowest BCUT2D eigenvalue weighted by atomic mass is 10.0. The van der Waals surface area contributed by atoms with Crippen LogP contribution in [0.5, 0.6) is 0 Å². The van der Waals surface area contributed by atoms with Crippen molar-refractivity contribution < 1.29 is 8.42 Å². The van der Waals surface area contributed by atoms with Crippen LogP contribution < -0.4 is 0 Å². The summed E-state index contributed by atoms with van der Waals surface area (Å²) in [6.45, 7) is 1.15. The maximum absolute atomic E-state index is 12.3. The molecule has 6 heteroatoms. The van der Waals surface area contributed by atoms with Crippen molar-refractivity contribution in [1.82, 2.24) is 4.90 Å². The van der Waals surface area contributed by atoms with Crippen LogP contribution in [-0.2, 0) is 9.84 Å². The molecule has 2 rings (SSSR count). The van der Waals surface area contributed by atoms with Crippen LogP contribution in [0.3, 0.4) is 0 Å². The summed E-state index contributed by atoms with van der Waals surface area (Å²) in [6.07, 6.45) is 2.85. The van der Waals surface area contributed by atoms with E-state index in [0.29, 0.717) is 12.1 Å². The predicted molar refractivity (Wildman–Crippen MR) is 78.0 cm³/mol. The first-order valence-electron chi connectivity index (χ1n) is 6.93. The van der Waals surface area contributed by atoms with Gasteiger partial charge in [0, 0.05) is 6.54 Å². The standard InChI is InChI=1S/C15H17N3O2S/c16-11-13-4-6-15(7-5-13)21(19,20)10-9-18-8-2-1-3-14(18)12-17/h4-7,14H,1-3,8-10H2. The van der Waals surface area contributed by atoms with Crippen LogP contribution in [0.25, 0.3) is 0 Å². The molecule has 1 unspecified atom stereocenters. The van der Waals surface area contributed by atoms with Crippen LogP contribution in [-0.4, -0.2) is 38.2 Å². The SMILES string of the molecule is N#Cc1ccc(S(=O)(=O)CCN2CCCCC2C#N)cc1. The van der Waals surface area contributed by atoms with Gasteiger partial charge in [-0.1, -0.05) is 0 Å². The molecule has 1 aliphatic rings. The minimum atomic E-state index is -3.38. The lowest BCUT2D eigenvalue weighted by Crippen LogP contribution is -2.41. The van der Waals surface area contributed by atoms with Crippen molar-refractivity contribution in [3.05, 3.63) is 29.8 Å². The van der Waals surface area contributed by atoms with Crippen LogP contribution in [0.15, 0.2) is 29.2 Å². The van der Waals surface area contributed by atoms with E-state index in [1.807, 2.05) is 11.0 Å². The highest BCUT2D eigenvalue weighted by atomic mass is 32.2. The van der Waals surface area contributed by atoms with Crippen LogP contribution in [0.1, 0.15) is 24.8 Å². The van der Waals surface area contributed by atoms with Gasteiger partial charge >= 0.3 is 0 Å². The molecule has 0 bridgehead atoms. The van der Waals surface area contributed by atoms with E-state index in [2.05, 4.69) is 6.07 Å². The highest BCUT2D eigenvalue weighted by Crippen LogP contribution is 2.18. The maximum Gasteiger partial charge on any atom is 0.179 e. The summed E-state index contributed by atoms with van der Waals surface area (Å²) >= 11 is 0. The number of likely N-dealkylation sites (tertiary alicyclic amines) is 1. The highest BCUT2D eigenvalue weighted by Gasteiger charge is 2.24. The number of hydrogen-bond donors (Lipinski definition) is 0. The van der Waals surface area contributed by atoms with E-state index in [1.54, 1.807) is 0 Å². The molecule has 1 atom stereocenters. The molecular weight excluding hydrogens is 286 g/mol. The Hall–Kier alpha value is -1.89. The van der Waals surface area contributed by atoms with Gasteiger partial charge in [-0.15, -0.1) is 0 Å². The van der Waals surface area contributed by atoms with Crippen LogP contribution >= 0.6 is 0 Å². The van der Waals surface area contributed by atoms with Gasteiger partial charge in [0.25, 0.3) is 0 Å². The Balaban J connectivity index is 2.04. The number of nitriles is 2. The van der Waals surface area contributed by atoms with Gasteiger partial charge in [-0.2, -0.15) is 10.5 Å². The summed E-state index contributed by atoms with van der Waals surface area (Å²) in [6, 6.07) is 9.97. The molecular formula is C15H17N3O2S. The topological polar surface area (TPSA) is 85.0 Å². The number of nitrogens with zero attached hydrogens (tertiary/aromatic N) is 3. The zero-order valence-corrected chi connectivity index (χ0v) is 12.5. The fourth-order valence-corrected chi connectivity index (χ4v) is 3.76. The number of rotatable bonds is 4. The molecule has 1 aromatic carbocycles. The molecule has 110 valence electrons. The second-order valence-corrected chi connectivity index (χ2v) is 7.24. The van der Waals surface area contributed by atoms with Crippen molar-refractivity contribution in [2.75, 3.05) is 18.8 Å². The third-order valence-electron chi connectivity index (χ3n) is 3.75. The molecule has 1 fully saturated rings. The Morgan fingerprint density at radius 1 is 1.19 bits per heavy atom. The monoisotopic (exact) mass is 303 g/mol. The molecule has 0 saturated carbocycles. The van der Waals surface area contributed by atoms with E-state index in [9.17, 15) is 8.42 Å². The normalized spacial score (nSPS) is 19.6. The van der Waals surface area contributed by atoms with Crippen molar-refractivity contribution in [3.63, 3.8) is 0 Å². The minimum absolute atomic E-state index is 0.00290. The van der Waals surface area contributed by atoms with E-state index in [0.717, 1.165) is 25.8 Å². The summed E-state index contributed by atoms with van der Waals surface area (Å²) < 4.78 is 24.6. The Labute approximate surface area is 125 Å². The fraction of sp³-hybridized carbons (Fsp3) is 0.467. The second-order valence-electron chi connectivity index (χ2n) is 5.13. The lowest BCUT2D eigenvalue weighted by Gasteiger charge is -2.30. The van der Waals surface area contributed by atoms with Gasteiger partial charge in [-0.3, -0.25) is 4.90 Å². The molecule has 0 N–H and O–H groups in total. The summed E-state index contributed by atoms with van der Waals surface area (Å²) in [4.78, 5) is 2.18. The first-order chi connectivity index (χ1) is 10.1. The van der Waals surface area contributed by atoms with Crippen molar-refractivity contribution in [1.29, 1.82) is 10.5 Å². The van der Waals surface area contributed by atoms with E-state index in [4.69, 9.17) is 10.5 Å². The second kappa shape index (κ2) is 6.71. The van der Waals surface area contributed by atoms with Gasteiger partial charge in [0.1, 0.15) is 0 Å². The van der Waals surface area contributed by atoms with Gasteiger partial charge in [-0.05, 0) is 50.1 Å². The largest absolute Gasteiger partial charge is 0.287 e. The average molecular weight is 303 g/mol. The third-order valence-corrected chi connectivity index (χ3v) is 5.46. The fourth-order valence-electron chi connectivity index (χ4n) is 2.50. The Morgan fingerprint density at radius 3 is 2.52 bits per heavy atom. The number of sulfone groups is 1. The van der Waals surface area contributed by atoms with Gasteiger partial charge in [0.2, 0.25) is 0 Å². The maximum atomic E-state index is 12.3. The first-order valence-corrected chi connectivity index (χ1v) is 8.58. The van der Waals surface area contributed by atoms with E-state index >= 15 is 0 Å². The molecule has 1 aromatic rings. The van der Waals surface area contributed by atoms with Crippen molar-refractivity contribution in [2.45, 2.75) is 30.2 Å². The Kier molecular flexibility index (Phi) is 4.95. The summed E-state index contributed by atoms with van der Waals surface area (Å²) in [5, 5.41) is 17.8. The minimum Gasteiger partial charge on any atom is -0.287 e. The summed E-state index contributed by atoms with van der Waals surface area (Å²) in [7, 11) is -3.38. The average Bonchev–Trinajstić information content (AvgIpc) is 2.53. The zero-order chi connectivity index (χ0) is 15.3. The van der Waals surface area contributed by atoms with Gasteiger partial charge in [0.15, 0.2) is 9.84 Å². The number of piperidine rings is 1. The van der Waals surface area contributed by atoms with Gasteiger partial charge in [-0.25, -0.2) is 8.42 Å². The molecule has 21 heavy (non-hydrogen) atoms. The smallest absolute Gasteiger partial charge is 0.179 e. The van der Waals surface area contributed by atoms with Crippen LogP contribution in [0.2, 0.25) is 0 Å². The molecule has 0 radical (unpaired) electrons. The molecule has 0 aromatic heterocycles. The van der Waals surface area contributed by atoms with E-state index in [-0.39, 0.29) is 16.7 Å². The zero-order valence-electron chi connectivity index (χ0n) is 11.7. The van der Waals surface area contributed by atoms with E-state index in [1.165, 1.54) is 24.3 Å². The van der Waals surface area contributed by atoms with Crippen molar-refractivity contribution in [2.24, 2.45) is 0 Å². The predicted octanol–water partition coefficient (Wildman–Crippen LogP) is 1.71. The highest BCUT2D eigenvalue weighted by molar-refractivity contribution is 7.91. The molecule has 0 spiro atoms. The van der Waals surface area contributed by atoms with Gasteiger partial charge < -0.3 is 0 Å². The Morgan fingerprint density at radius 2 is 1.90 bits per heavy atom. The van der Waals surface area contributed by atoms with Crippen LogP contribution in [0, 0.1) is 22.7 Å². The molecule has 0 amide bonds. The number of benzene rings is 1. The quantitative estimate of drug-likeness (QED) is 0.845. The molecule has 1 heterocycles. The molecule has 1 aliphatic heterocycles. The van der Waals surface area contributed by atoms with Crippen molar-refractivity contribution >= 4 is 9.84 Å². The number of hydrogen-bond acceptors (Lipinski definition) is 5. The molecule has 1 saturated heterocycles. The molecule has 0 aliphatic carbocycles. The lowest BCUT2D eigenvalue weighted by molar-refractivity contribution is 0.195. The molecule has 5 nitrogen and oxygen atoms in total. The van der Waals surface area contributed by atoms with E-state index < -0.39 is 9.84 Å². The van der Waals surface area contributed by atoms with Crippen molar-refractivity contribution in [3.8, 4) is 12.1 Å². The summed E-state index contributed by atoms with van der Waals surface area (Å²) in [5.74, 6) is -0.00290. The first kappa shape index (κ1) is 15.5. The van der Waals surface area contributed by atoms with Gasteiger partial charge in [0.05, 0.1) is 34.4 Å². The Bertz CT molecular complexity index is 668. The third kappa shape index (κ3) is 3.81. The van der Waals surface area contributed by atoms with Crippen LogP contribution in [0.4, 0.5) is 0 Å².